The van der Waals surface area contributed by atoms with Crippen LogP contribution in [-0.4, -0.2) is 15.7 Å². The quantitative estimate of drug-likeness (QED) is 0.262. The first kappa shape index (κ1) is 16.4. The van der Waals surface area contributed by atoms with Crippen LogP contribution in [0.15, 0.2) is 53.6 Å². The third kappa shape index (κ3) is 4.48. The number of benzene rings is 2. The molecule has 0 heterocycles. The number of hydrogen-bond acceptors (Lipinski definition) is 5. The number of anilines is 2. The summed E-state index contributed by atoms with van der Waals surface area (Å²) in [7, 11) is 0. The molecule has 0 aliphatic carbocycles. The molecule has 0 saturated heterocycles. The number of para-hydroxylation sites is 2. The molecule has 2 aromatic rings. The van der Waals surface area contributed by atoms with Gasteiger partial charge in [-0.25, -0.2) is 0 Å². The lowest BCUT2D eigenvalue weighted by molar-refractivity contribution is -0.383. The van der Waals surface area contributed by atoms with E-state index in [1.807, 2.05) is 19.1 Å². The van der Waals surface area contributed by atoms with Gasteiger partial charge in [0.25, 0.3) is 5.69 Å². The molecule has 4 N–H and O–H groups in total. The SMILES string of the molecule is C/C(=N/NC(=S)Nc1ccccc1[N+](=O)[O-])c1ccc(N)cc1. The van der Waals surface area contributed by atoms with Crippen LogP contribution in [0.25, 0.3) is 0 Å². The molecule has 0 aliphatic heterocycles. The molecule has 0 atom stereocenters. The normalized spacial score (nSPS) is 10.9. The summed E-state index contributed by atoms with van der Waals surface area (Å²) in [4.78, 5) is 10.5. The average molecular weight is 329 g/mol. The van der Waals surface area contributed by atoms with E-state index in [9.17, 15) is 10.1 Å². The number of rotatable bonds is 4. The Bertz CT molecular complexity index is 759. The van der Waals surface area contributed by atoms with E-state index >= 15 is 0 Å². The molecular formula is C15H15N5O2S. The van der Waals surface area contributed by atoms with Gasteiger partial charge >= 0.3 is 0 Å². The Balaban J connectivity index is 2.04. The second-order valence-corrected chi connectivity index (χ2v) is 5.07. The Morgan fingerprint density at radius 2 is 1.87 bits per heavy atom. The third-order valence-electron chi connectivity index (χ3n) is 3.00. The number of nitro benzene ring substituents is 1. The lowest BCUT2D eigenvalue weighted by Gasteiger charge is -2.08. The van der Waals surface area contributed by atoms with Crippen LogP contribution < -0.4 is 16.5 Å². The predicted octanol–water partition coefficient (Wildman–Crippen LogP) is 2.89. The van der Waals surface area contributed by atoms with E-state index in [1.54, 1.807) is 30.3 Å². The lowest BCUT2D eigenvalue weighted by Crippen LogP contribution is -2.25. The van der Waals surface area contributed by atoms with Crippen molar-refractivity contribution in [2.75, 3.05) is 11.1 Å². The molecule has 0 fully saturated rings. The van der Waals surface area contributed by atoms with Crippen LogP contribution >= 0.6 is 12.2 Å². The van der Waals surface area contributed by atoms with Crippen LogP contribution in [0, 0.1) is 10.1 Å². The molecule has 2 aromatic carbocycles. The molecule has 0 aromatic heterocycles. The van der Waals surface area contributed by atoms with Gasteiger partial charge in [-0.15, -0.1) is 0 Å². The first-order chi connectivity index (χ1) is 11.0. The molecule has 0 radical (unpaired) electrons. The molecule has 0 unspecified atom stereocenters. The van der Waals surface area contributed by atoms with E-state index < -0.39 is 4.92 Å². The minimum Gasteiger partial charge on any atom is -0.399 e. The van der Waals surface area contributed by atoms with Gasteiger partial charge in [0.15, 0.2) is 5.11 Å². The second kappa shape index (κ2) is 7.32. The number of thiocarbonyl (C=S) groups is 1. The Labute approximate surface area is 138 Å². The summed E-state index contributed by atoms with van der Waals surface area (Å²) in [6.45, 7) is 1.81. The summed E-state index contributed by atoms with van der Waals surface area (Å²) in [5, 5.41) is 18.0. The van der Waals surface area contributed by atoms with Gasteiger partial charge in [0.2, 0.25) is 0 Å². The first-order valence-corrected chi connectivity index (χ1v) is 7.09. The molecule has 0 bridgehead atoms. The molecule has 7 nitrogen and oxygen atoms in total. The van der Waals surface area contributed by atoms with Gasteiger partial charge in [-0.05, 0) is 42.9 Å². The Morgan fingerprint density at radius 1 is 1.22 bits per heavy atom. The van der Waals surface area contributed by atoms with Crippen molar-refractivity contribution >= 4 is 40.1 Å². The molecule has 0 aliphatic rings. The minimum absolute atomic E-state index is 0.0594. The molecule has 8 heteroatoms. The molecule has 0 amide bonds. The van der Waals surface area contributed by atoms with Crippen molar-refractivity contribution in [2.45, 2.75) is 6.92 Å². The maximum Gasteiger partial charge on any atom is 0.292 e. The smallest absolute Gasteiger partial charge is 0.292 e. The van der Waals surface area contributed by atoms with Crippen molar-refractivity contribution in [2.24, 2.45) is 5.10 Å². The van der Waals surface area contributed by atoms with Gasteiger partial charge in [-0.1, -0.05) is 24.3 Å². The number of hydrogen-bond donors (Lipinski definition) is 3. The highest BCUT2D eigenvalue weighted by Crippen LogP contribution is 2.22. The van der Waals surface area contributed by atoms with E-state index in [0.717, 1.165) is 5.56 Å². The molecular weight excluding hydrogens is 314 g/mol. The summed E-state index contributed by atoms with van der Waals surface area (Å²) < 4.78 is 0. The zero-order valence-electron chi connectivity index (χ0n) is 12.3. The highest BCUT2D eigenvalue weighted by atomic mass is 32.1. The minimum atomic E-state index is -0.478. The Kier molecular flexibility index (Phi) is 5.21. The first-order valence-electron chi connectivity index (χ1n) is 6.68. The van der Waals surface area contributed by atoms with E-state index in [2.05, 4.69) is 15.8 Å². The third-order valence-corrected chi connectivity index (χ3v) is 3.20. The van der Waals surface area contributed by atoms with Crippen molar-refractivity contribution in [1.82, 2.24) is 5.43 Å². The summed E-state index contributed by atoms with van der Waals surface area (Å²) in [6.07, 6.45) is 0. The standard InChI is InChI=1S/C15H15N5O2S/c1-10(11-6-8-12(16)9-7-11)18-19-15(23)17-13-4-2-3-5-14(13)20(21)22/h2-9H,16H2,1H3,(H2,17,19,23)/b18-10-. The van der Waals surface area contributed by atoms with Crippen LogP contribution in [0.2, 0.25) is 0 Å². The van der Waals surface area contributed by atoms with Crippen molar-refractivity contribution in [3.05, 3.63) is 64.2 Å². The van der Waals surface area contributed by atoms with Gasteiger partial charge < -0.3 is 11.1 Å². The largest absolute Gasteiger partial charge is 0.399 e. The van der Waals surface area contributed by atoms with Crippen LogP contribution in [0.5, 0.6) is 0 Å². The van der Waals surface area contributed by atoms with Crippen molar-refractivity contribution in [3.8, 4) is 0 Å². The zero-order valence-corrected chi connectivity index (χ0v) is 13.1. The van der Waals surface area contributed by atoms with Crippen LogP contribution in [0.3, 0.4) is 0 Å². The average Bonchev–Trinajstić information content (AvgIpc) is 2.53. The topological polar surface area (TPSA) is 106 Å². The summed E-state index contributed by atoms with van der Waals surface area (Å²) in [5.41, 5.74) is 10.8. The van der Waals surface area contributed by atoms with Crippen LogP contribution in [0.4, 0.5) is 17.1 Å². The number of nitrogens with one attached hydrogen (secondary N) is 2. The van der Waals surface area contributed by atoms with Gasteiger partial charge in [-0.2, -0.15) is 5.10 Å². The number of hydrazone groups is 1. The number of nitro groups is 1. The molecule has 0 saturated carbocycles. The van der Waals surface area contributed by atoms with Crippen molar-refractivity contribution < 1.29 is 4.92 Å². The zero-order chi connectivity index (χ0) is 16.8. The molecule has 23 heavy (non-hydrogen) atoms. The number of nitrogens with two attached hydrogens (primary N) is 1. The van der Waals surface area contributed by atoms with E-state index in [4.69, 9.17) is 18.0 Å². The second-order valence-electron chi connectivity index (χ2n) is 4.66. The van der Waals surface area contributed by atoms with E-state index in [0.29, 0.717) is 17.1 Å². The molecule has 118 valence electrons. The van der Waals surface area contributed by atoms with Gasteiger partial charge in [-0.3, -0.25) is 15.5 Å². The van der Waals surface area contributed by atoms with Crippen molar-refractivity contribution in [3.63, 3.8) is 0 Å². The number of nitrogens with zero attached hydrogens (tertiary/aromatic N) is 2. The maximum atomic E-state index is 10.9. The summed E-state index contributed by atoms with van der Waals surface area (Å²) >= 11 is 5.10. The summed E-state index contributed by atoms with van der Waals surface area (Å²) in [6, 6.07) is 13.5. The fourth-order valence-electron chi connectivity index (χ4n) is 1.81. The fourth-order valence-corrected chi connectivity index (χ4v) is 1.97. The monoisotopic (exact) mass is 329 g/mol. The molecule has 0 spiro atoms. The highest BCUT2D eigenvalue weighted by Gasteiger charge is 2.12. The lowest BCUT2D eigenvalue weighted by atomic mass is 10.1. The Hall–Kier alpha value is -3.00. The molecule has 2 rings (SSSR count). The fraction of sp³-hybridized carbons (Fsp3) is 0.0667. The van der Waals surface area contributed by atoms with Gasteiger partial charge in [0, 0.05) is 11.8 Å². The maximum absolute atomic E-state index is 10.9. The van der Waals surface area contributed by atoms with Crippen LogP contribution in [0.1, 0.15) is 12.5 Å². The van der Waals surface area contributed by atoms with Gasteiger partial charge in [0.1, 0.15) is 5.69 Å². The number of nitrogen functional groups attached to an aromatic ring is 1. The summed E-state index contributed by atoms with van der Waals surface area (Å²) in [5.74, 6) is 0. The predicted molar refractivity (Wildman–Crippen MR) is 95.5 cm³/mol. The van der Waals surface area contributed by atoms with Crippen LogP contribution in [-0.2, 0) is 0 Å². The van der Waals surface area contributed by atoms with Crippen molar-refractivity contribution in [1.29, 1.82) is 0 Å². The van der Waals surface area contributed by atoms with Gasteiger partial charge in [0.05, 0.1) is 10.6 Å². The Morgan fingerprint density at radius 3 is 2.52 bits per heavy atom. The highest BCUT2D eigenvalue weighted by molar-refractivity contribution is 7.80. The van der Waals surface area contributed by atoms with E-state index in [-0.39, 0.29) is 10.8 Å². The van der Waals surface area contributed by atoms with E-state index in [1.165, 1.54) is 6.07 Å².